The molecule has 1 fully saturated rings. The van der Waals surface area contributed by atoms with Crippen molar-refractivity contribution in [1.29, 1.82) is 0 Å². The van der Waals surface area contributed by atoms with E-state index in [-0.39, 0.29) is 0 Å². The number of benzene rings is 2. The molecule has 0 saturated carbocycles. The molecule has 0 unspecified atom stereocenters. The molecule has 3 nitrogen and oxygen atoms in total. The lowest BCUT2D eigenvalue weighted by molar-refractivity contribution is -0.894. The van der Waals surface area contributed by atoms with Gasteiger partial charge < -0.3 is 14.7 Å². The monoisotopic (exact) mass is 356 g/mol. The van der Waals surface area contributed by atoms with Crippen molar-refractivity contribution < 1.29 is 4.90 Å². The third kappa shape index (κ3) is 5.00. The maximum Gasteiger partial charge on any atom is 0.0962 e. The van der Waals surface area contributed by atoms with Crippen LogP contribution in [0.1, 0.15) is 5.56 Å². The van der Waals surface area contributed by atoms with Crippen molar-refractivity contribution in [1.82, 2.24) is 0 Å². The maximum atomic E-state index is 6.10. The average Bonchev–Trinajstić information content (AvgIpc) is 2.63. The van der Waals surface area contributed by atoms with Gasteiger partial charge in [-0.3, -0.25) is 0 Å². The van der Waals surface area contributed by atoms with Crippen LogP contribution in [0.3, 0.4) is 0 Å². The number of piperazine rings is 1. The van der Waals surface area contributed by atoms with E-state index in [2.05, 4.69) is 72.4 Å². The Morgan fingerprint density at radius 3 is 2.44 bits per heavy atom. The summed E-state index contributed by atoms with van der Waals surface area (Å²) in [6.07, 6.45) is 4.53. The number of quaternary nitrogens is 1. The summed E-state index contributed by atoms with van der Waals surface area (Å²) in [4.78, 5) is 6.19. The molecule has 2 aromatic rings. The van der Waals surface area contributed by atoms with Gasteiger partial charge in [0.2, 0.25) is 0 Å². The van der Waals surface area contributed by atoms with E-state index in [1.54, 1.807) is 4.90 Å². The van der Waals surface area contributed by atoms with Gasteiger partial charge in [-0.15, -0.1) is 0 Å². The molecule has 0 amide bonds. The minimum atomic E-state index is 0.815. The summed E-state index contributed by atoms with van der Waals surface area (Å²) in [6.45, 7) is 5.58. The Bertz CT molecular complexity index is 701. The summed E-state index contributed by atoms with van der Waals surface area (Å²) in [7, 11) is 4.13. The van der Waals surface area contributed by atoms with Gasteiger partial charge in [-0.05, 0) is 42.0 Å². The second kappa shape index (κ2) is 8.41. The lowest BCUT2D eigenvalue weighted by atomic mass is 10.2. The minimum Gasteiger partial charge on any atom is -0.378 e. The molecule has 0 bridgehead atoms. The van der Waals surface area contributed by atoms with Crippen LogP contribution >= 0.6 is 11.6 Å². The highest BCUT2D eigenvalue weighted by atomic mass is 35.5. The van der Waals surface area contributed by atoms with Crippen LogP contribution in [0.15, 0.2) is 54.6 Å². The summed E-state index contributed by atoms with van der Waals surface area (Å²) in [5.41, 5.74) is 3.74. The summed E-state index contributed by atoms with van der Waals surface area (Å²) >= 11 is 6.10. The molecule has 2 aromatic carbocycles. The molecule has 0 aliphatic carbocycles. The van der Waals surface area contributed by atoms with Crippen LogP contribution in [0.2, 0.25) is 5.02 Å². The van der Waals surface area contributed by atoms with Crippen molar-refractivity contribution in [3.8, 4) is 0 Å². The normalized spacial score (nSPS) is 15.7. The van der Waals surface area contributed by atoms with Crippen LogP contribution in [-0.2, 0) is 0 Å². The fourth-order valence-corrected chi connectivity index (χ4v) is 3.39. The molecule has 3 rings (SSSR count). The molecule has 0 radical (unpaired) electrons. The molecule has 132 valence electrons. The molecule has 1 aliphatic heterocycles. The molecule has 1 N–H and O–H groups in total. The molecule has 0 atom stereocenters. The average molecular weight is 357 g/mol. The first kappa shape index (κ1) is 17.8. The Morgan fingerprint density at radius 1 is 1.08 bits per heavy atom. The third-order valence-corrected chi connectivity index (χ3v) is 5.01. The van der Waals surface area contributed by atoms with Gasteiger partial charge in [0.1, 0.15) is 0 Å². The smallest absolute Gasteiger partial charge is 0.0962 e. The third-order valence-electron chi connectivity index (χ3n) is 4.77. The van der Waals surface area contributed by atoms with Crippen molar-refractivity contribution in [2.24, 2.45) is 0 Å². The SMILES string of the molecule is CN(C)c1ccc(/C=C/C[NH+]2CCN(c3cccc(Cl)c3)CC2)cc1. The number of hydrogen-bond acceptors (Lipinski definition) is 2. The number of nitrogens with zero attached hydrogens (tertiary/aromatic N) is 2. The van der Waals surface area contributed by atoms with Crippen molar-refractivity contribution in [3.63, 3.8) is 0 Å². The van der Waals surface area contributed by atoms with Crippen LogP contribution in [-0.4, -0.2) is 46.8 Å². The first-order valence-electron chi connectivity index (χ1n) is 8.90. The number of rotatable bonds is 5. The maximum absolute atomic E-state index is 6.10. The van der Waals surface area contributed by atoms with Gasteiger partial charge in [0.25, 0.3) is 0 Å². The highest BCUT2D eigenvalue weighted by Gasteiger charge is 2.19. The summed E-state index contributed by atoms with van der Waals surface area (Å²) in [5.74, 6) is 0. The zero-order valence-electron chi connectivity index (χ0n) is 15.1. The van der Waals surface area contributed by atoms with E-state index in [0.717, 1.165) is 37.7 Å². The molecular weight excluding hydrogens is 330 g/mol. The zero-order chi connectivity index (χ0) is 17.6. The molecule has 0 spiro atoms. The van der Waals surface area contributed by atoms with Crippen molar-refractivity contribution in [3.05, 3.63) is 65.2 Å². The van der Waals surface area contributed by atoms with Crippen LogP contribution in [0.25, 0.3) is 6.08 Å². The lowest BCUT2D eigenvalue weighted by Gasteiger charge is -2.33. The van der Waals surface area contributed by atoms with Gasteiger partial charge in [-0.2, -0.15) is 0 Å². The van der Waals surface area contributed by atoms with E-state index >= 15 is 0 Å². The molecule has 1 saturated heterocycles. The van der Waals surface area contributed by atoms with E-state index in [4.69, 9.17) is 11.6 Å². The van der Waals surface area contributed by atoms with E-state index in [1.165, 1.54) is 16.9 Å². The van der Waals surface area contributed by atoms with Gasteiger partial charge in [-0.25, -0.2) is 0 Å². The van der Waals surface area contributed by atoms with Gasteiger partial charge >= 0.3 is 0 Å². The Kier molecular flexibility index (Phi) is 6.00. The van der Waals surface area contributed by atoms with E-state index in [0.29, 0.717) is 0 Å². The first-order chi connectivity index (χ1) is 12.1. The van der Waals surface area contributed by atoms with Crippen LogP contribution < -0.4 is 14.7 Å². The number of hydrogen-bond donors (Lipinski definition) is 1. The topological polar surface area (TPSA) is 10.9 Å². The summed E-state index contributed by atoms with van der Waals surface area (Å²) in [6, 6.07) is 16.9. The lowest BCUT2D eigenvalue weighted by Crippen LogP contribution is -3.14. The zero-order valence-corrected chi connectivity index (χ0v) is 15.8. The number of anilines is 2. The van der Waals surface area contributed by atoms with E-state index in [9.17, 15) is 0 Å². The predicted octanol–water partition coefficient (Wildman–Crippen LogP) is 2.82. The van der Waals surface area contributed by atoms with Crippen LogP contribution in [0, 0.1) is 0 Å². The summed E-state index contributed by atoms with van der Waals surface area (Å²) < 4.78 is 0. The Hall–Kier alpha value is -1.97. The predicted molar refractivity (Wildman–Crippen MR) is 109 cm³/mol. The fraction of sp³-hybridized carbons (Fsp3) is 0.333. The Labute approximate surface area is 156 Å². The second-order valence-electron chi connectivity index (χ2n) is 6.81. The molecule has 1 aliphatic rings. The summed E-state index contributed by atoms with van der Waals surface area (Å²) in [5, 5.41) is 0.815. The van der Waals surface area contributed by atoms with Gasteiger partial charge in [-0.1, -0.05) is 35.9 Å². The Balaban J connectivity index is 1.47. The van der Waals surface area contributed by atoms with Gasteiger partial charge in [0.15, 0.2) is 0 Å². The minimum absolute atomic E-state index is 0.815. The van der Waals surface area contributed by atoms with Crippen LogP contribution in [0.5, 0.6) is 0 Å². The number of halogens is 1. The van der Waals surface area contributed by atoms with E-state index in [1.807, 2.05) is 12.1 Å². The van der Waals surface area contributed by atoms with Crippen molar-refractivity contribution in [2.45, 2.75) is 0 Å². The Morgan fingerprint density at radius 2 is 1.80 bits per heavy atom. The van der Waals surface area contributed by atoms with Crippen molar-refractivity contribution in [2.75, 3.05) is 56.6 Å². The molecule has 4 heteroatoms. The molecular formula is C21H27ClN3+. The van der Waals surface area contributed by atoms with Gasteiger partial charge in [0.05, 0.1) is 32.7 Å². The highest BCUT2D eigenvalue weighted by molar-refractivity contribution is 6.30. The quantitative estimate of drug-likeness (QED) is 0.883. The largest absolute Gasteiger partial charge is 0.378 e. The molecule has 0 aromatic heterocycles. The highest BCUT2D eigenvalue weighted by Crippen LogP contribution is 2.19. The second-order valence-corrected chi connectivity index (χ2v) is 7.25. The van der Waals surface area contributed by atoms with E-state index < -0.39 is 0 Å². The fourth-order valence-electron chi connectivity index (χ4n) is 3.20. The molecule has 1 heterocycles. The van der Waals surface area contributed by atoms with Gasteiger partial charge in [0, 0.05) is 30.5 Å². The molecule has 25 heavy (non-hydrogen) atoms. The standard InChI is InChI=1S/C21H26ClN3/c1-23(2)20-10-8-18(9-11-20)5-4-12-24-13-15-25(16-14-24)21-7-3-6-19(22)17-21/h3-11,17H,12-16H2,1-2H3/p+1/b5-4+. The van der Waals surface area contributed by atoms with Crippen molar-refractivity contribution >= 4 is 29.1 Å². The van der Waals surface area contributed by atoms with Crippen LogP contribution in [0.4, 0.5) is 11.4 Å². The first-order valence-corrected chi connectivity index (χ1v) is 9.27. The number of nitrogens with one attached hydrogen (secondary N) is 1.